The fourth-order valence-electron chi connectivity index (χ4n) is 2.09. The predicted octanol–water partition coefficient (Wildman–Crippen LogP) is -0.900. The smallest absolute Gasteiger partial charge is 0.326 e. The minimum atomic E-state index is -1.18. The van der Waals surface area contributed by atoms with Crippen LogP contribution in [0.25, 0.3) is 0 Å². The summed E-state index contributed by atoms with van der Waals surface area (Å²) in [6.07, 6.45) is 2.27. The number of urea groups is 1. The number of nitrogens with one attached hydrogen (secondary N) is 2. The zero-order chi connectivity index (χ0) is 15.0. The second-order valence-corrected chi connectivity index (χ2v) is 4.84. The maximum absolute atomic E-state index is 11.6. The third-order valence-corrected chi connectivity index (χ3v) is 3.20. The van der Waals surface area contributed by atoms with Crippen LogP contribution in [0, 0.1) is 0 Å². The Morgan fingerprint density at radius 2 is 1.90 bits per heavy atom. The maximum atomic E-state index is 11.6. The summed E-state index contributed by atoms with van der Waals surface area (Å²) in [5.41, 5.74) is 4.96. The van der Waals surface area contributed by atoms with Gasteiger partial charge in [-0.15, -0.1) is 0 Å². The largest absolute Gasteiger partial charge is 0.480 e. The molecule has 8 heteroatoms. The number of carboxylic acid groups (broad SMARTS) is 1. The first kappa shape index (κ1) is 16.2. The Morgan fingerprint density at radius 3 is 2.45 bits per heavy atom. The lowest BCUT2D eigenvalue weighted by Crippen LogP contribution is -2.47. The zero-order valence-electron chi connectivity index (χ0n) is 11.4. The van der Waals surface area contributed by atoms with E-state index in [4.69, 9.17) is 10.8 Å². The molecule has 1 rings (SSSR count). The molecule has 0 bridgehead atoms. The summed E-state index contributed by atoms with van der Waals surface area (Å²) in [6, 6.07) is -1.64. The van der Waals surface area contributed by atoms with Crippen molar-refractivity contribution in [2.75, 3.05) is 26.2 Å². The molecule has 0 aromatic heterocycles. The quantitative estimate of drug-likeness (QED) is 0.460. The molecule has 0 saturated carbocycles. The zero-order valence-corrected chi connectivity index (χ0v) is 11.4. The second kappa shape index (κ2) is 8.36. The van der Waals surface area contributed by atoms with Crippen LogP contribution in [0.4, 0.5) is 4.79 Å². The second-order valence-electron chi connectivity index (χ2n) is 4.84. The molecule has 1 saturated heterocycles. The Labute approximate surface area is 117 Å². The number of amides is 3. The highest BCUT2D eigenvalue weighted by Gasteiger charge is 2.20. The van der Waals surface area contributed by atoms with E-state index in [0.29, 0.717) is 6.54 Å². The van der Waals surface area contributed by atoms with E-state index < -0.39 is 23.9 Å². The number of carboxylic acids is 1. The molecule has 1 aliphatic rings. The van der Waals surface area contributed by atoms with Gasteiger partial charge in [-0.25, -0.2) is 9.59 Å². The van der Waals surface area contributed by atoms with Gasteiger partial charge in [0.2, 0.25) is 5.91 Å². The standard InChI is InChI=1S/C12H22N4O4/c13-10(17)4-3-9(11(18)19)15-12(20)14-5-8-16-6-1-2-7-16/h9H,1-8H2,(H2,13,17)(H,18,19)(H2,14,15,20)/t9-/m1/s1. The molecule has 8 nitrogen and oxygen atoms in total. The molecular weight excluding hydrogens is 264 g/mol. The van der Waals surface area contributed by atoms with Crippen LogP contribution in [0.15, 0.2) is 0 Å². The number of hydrogen-bond acceptors (Lipinski definition) is 4. The Kier molecular flexibility index (Phi) is 6.78. The Hall–Kier alpha value is -1.83. The van der Waals surface area contributed by atoms with Crippen LogP contribution >= 0.6 is 0 Å². The van der Waals surface area contributed by atoms with Crippen molar-refractivity contribution in [2.24, 2.45) is 5.73 Å². The molecule has 114 valence electrons. The molecule has 1 fully saturated rings. The van der Waals surface area contributed by atoms with Crippen molar-refractivity contribution >= 4 is 17.9 Å². The normalized spacial score (nSPS) is 16.6. The molecule has 0 radical (unpaired) electrons. The predicted molar refractivity (Wildman–Crippen MR) is 72.1 cm³/mol. The van der Waals surface area contributed by atoms with Crippen LogP contribution in [0.2, 0.25) is 0 Å². The number of rotatable bonds is 8. The maximum Gasteiger partial charge on any atom is 0.326 e. The molecule has 0 aromatic rings. The van der Waals surface area contributed by atoms with Crippen LogP contribution in [0.5, 0.6) is 0 Å². The summed E-state index contributed by atoms with van der Waals surface area (Å²) < 4.78 is 0. The lowest BCUT2D eigenvalue weighted by Gasteiger charge is -2.17. The van der Waals surface area contributed by atoms with Gasteiger partial charge in [-0.1, -0.05) is 0 Å². The minimum absolute atomic E-state index is 0.00971. The lowest BCUT2D eigenvalue weighted by molar-refractivity contribution is -0.139. The summed E-state index contributed by atoms with van der Waals surface area (Å²) in [4.78, 5) is 35.3. The number of carbonyl (C=O) groups excluding carboxylic acids is 2. The van der Waals surface area contributed by atoms with E-state index in [-0.39, 0.29) is 12.8 Å². The Morgan fingerprint density at radius 1 is 1.25 bits per heavy atom. The van der Waals surface area contributed by atoms with Crippen molar-refractivity contribution in [3.63, 3.8) is 0 Å². The van der Waals surface area contributed by atoms with Crippen LogP contribution in [-0.4, -0.2) is 60.1 Å². The minimum Gasteiger partial charge on any atom is -0.480 e. The van der Waals surface area contributed by atoms with Crippen molar-refractivity contribution in [2.45, 2.75) is 31.7 Å². The summed E-state index contributed by atoms with van der Waals surface area (Å²) in [6.45, 7) is 3.31. The van der Waals surface area contributed by atoms with E-state index in [1.165, 1.54) is 12.8 Å². The lowest BCUT2D eigenvalue weighted by atomic mass is 10.1. The average Bonchev–Trinajstić information content (AvgIpc) is 2.87. The van der Waals surface area contributed by atoms with E-state index in [1.54, 1.807) is 0 Å². The van der Waals surface area contributed by atoms with Crippen molar-refractivity contribution in [3.05, 3.63) is 0 Å². The first-order chi connectivity index (χ1) is 9.49. The fourth-order valence-corrected chi connectivity index (χ4v) is 2.09. The topological polar surface area (TPSA) is 125 Å². The first-order valence-electron chi connectivity index (χ1n) is 6.77. The van der Waals surface area contributed by atoms with Gasteiger partial charge in [0.15, 0.2) is 0 Å². The number of nitrogens with two attached hydrogens (primary N) is 1. The monoisotopic (exact) mass is 286 g/mol. The third kappa shape index (κ3) is 6.37. The molecule has 1 aliphatic heterocycles. The van der Waals surface area contributed by atoms with Crippen molar-refractivity contribution < 1.29 is 19.5 Å². The number of nitrogens with zero attached hydrogens (tertiary/aromatic N) is 1. The van der Waals surface area contributed by atoms with Crippen LogP contribution < -0.4 is 16.4 Å². The van der Waals surface area contributed by atoms with Crippen LogP contribution in [-0.2, 0) is 9.59 Å². The summed E-state index contributed by atoms with van der Waals surface area (Å²) in [5.74, 6) is -1.77. The SMILES string of the molecule is NC(=O)CC[C@@H](NC(=O)NCCN1CCCC1)C(=O)O. The number of aliphatic carboxylic acids is 1. The average molecular weight is 286 g/mol. The molecule has 5 N–H and O–H groups in total. The van der Waals surface area contributed by atoms with Crippen molar-refractivity contribution in [1.82, 2.24) is 15.5 Å². The van der Waals surface area contributed by atoms with Gasteiger partial charge in [0.25, 0.3) is 0 Å². The van der Waals surface area contributed by atoms with Gasteiger partial charge < -0.3 is 26.4 Å². The van der Waals surface area contributed by atoms with Gasteiger partial charge in [-0.3, -0.25) is 4.79 Å². The first-order valence-corrected chi connectivity index (χ1v) is 6.77. The molecular formula is C12H22N4O4. The van der Waals surface area contributed by atoms with Gasteiger partial charge >= 0.3 is 12.0 Å². The molecule has 0 unspecified atom stereocenters. The highest BCUT2D eigenvalue weighted by atomic mass is 16.4. The summed E-state index contributed by atoms with van der Waals surface area (Å²) in [7, 11) is 0. The number of hydrogen-bond donors (Lipinski definition) is 4. The molecule has 1 atom stereocenters. The molecule has 0 spiro atoms. The van der Waals surface area contributed by atoms with Gasteiger partial charge in [-0.05, 0) is 32.4 Å². The molecule has 0 aromatic carbocycles. The summed E-state index contributed by atoms with van der Waals surface area (Å²) >= 11 is 0. The van der Waals surface area contributed by atoms with Gasteiger partial charge in [0.1, 0.15) is 6.04 Å². The van der Waals surface area contributed by atoms with E-state index in [9.17, 15) is 14.4 Å². The van der Waals surface area contributed by atoms with Crippen LogP contribution in [0.1, 0.15) is 25.7 Å². The highest BCUT2D eigenvalue weighted by molar-refractivity contribution is 5.83. The molecule has 0 aliphatic carbocycles. The van der Waals surface area contributed by atoms with E-state index >= 15 is 0 Å². The van der Waals surface area contributed by atoms with Crippen molar-refractivity contribution in [3.8, 4) is 0 Å². The van der Waals surface area contributed by atoms with Gasteiger partial charge in [0.05, 0.1) is 0 Å². The number of primary amides is 1. The van der Waals surface area contributed by atoms with Crippen molar-refractivity contribution in [1.29, 1.82) is 0 Å². The van der Waals surface area contributed by atoms with Gasteiger partial charge in [0, 0.05) is 19.5 Å². The van der Waals surface area contributed by atoms with Crippen LogP contribution in [0.3, 0.4) is 0 Å². The highest BCUT2D eigenvalue weighted by Crippen LogP contribution is 2.05. The van der Waals surface area contributed by atoms with E-state index in [2.05, 4.69) is 15.5 Å². The Balaban J connectivity index is 2.22. The van der Waals surface area contributed by atoms with E-state index in [0.717, 1.165) is 19.6 Å². The molecule has 3 amide bonds. The van der Waals surface area contributed by atoms with E-state index in [1.807, 2.05) is 0 Å². The Bertz CT molecular complexity index is 355. The molecule has 20 heavy (non-hydrogen) atoms. The summed E-state index contributed by atoms with van der Waals surface area (Å²) in [5, 5.41) is 13.9. The fraction of sp³-hybridized carbons (Fsp3) is 0.750. The number of carbonyl (C=O) groups is 3. The molecule has 1 heterocycles. The van der Waals surface area contributed by atoms with Gasteiger partial charge in [-0.2, -0.15) is 0 Å². The third-order valence-electron chi connectivity index (χ3n) is 3.20. The number of likely N-dealkylation sites (tertiary alicyclic amines) is 1.